The second-order valence-electron chi connectivity index (χ2n) is 4.11. The van der Waals surface area contributed by atoms with E-state index in [1.165, 1.54) is 6.20 Å². The Balaban J connectivity index is 1.99. The first-order valence-electron chi connectivity index (χ1n) is 5.81. The Bertz CT molecular complexity index is 659. The number of rotatable bonds is 1. The Morgan fingerprint density at radius 3 is 3.32 bits per heavy atom. The number of amides is 1. The summed E-state index contributed by atoms with van der Waals surface area (Å²) in [7, 11) is 0. The first-order chi connectivity index (χ1) is 9.31. The van der Waals surface area contributed by atoms with E-state index in [1.807, 2.05) is 0 Å². The Labute approximate surface area is 109 Å². The van der Waals surface area contributed by atoms with Gasteiger partial charge in [0.1, 0.15) is 11.6 Å². The number of hydrogen-bond donors (Lipinski definition) is 1. The maximum atomic E-state index is 12.5. The maximum absolute atomic E-state index is 12.5. The van der Waals surface area contributed by atoms with Crippen LogP contribution in [0.3, 0.4) is 0 Å². The molecule has 3 heterocycles. The minimum atomic E-state index is -0.351. The van der Waals surface area contributed by atoms with Crippen molar-refractivity contribution in [2.75, 3.05) is 19.8 Å². The van der Waals surface area contributed by atoms with E-state index in [0.717, 1.165) is 0 Å². The summed E-state index contributed by atoms with van der Waals surface area (Å²) in [6.07, 6.45) is 6.96. The van der Waals surface area contributed by atoms with Gasteiger partial charge in [-0.05, 0) is 6.07 Å². The number of fused-ring (bicyclic) bond motifs is 1. The van der Waals surface area contributed by atoms with Gasteiger partial charge in [-0.15, -0.1) is 11.5 Å². The van der Waals surface area contributed by atoms with E-state index < -0.39 is 0 Å². The van der Waals surface area contributed by atoms with Gasteiger partial charge in [-0.1, -0.05) is 5.92 Å². The summed E-state index contributed by atoms with van der Waals surface area (Å²) in [5.74, 6) is 2.39. The van der Waals surface area contributed by atoms with Crippen molar-refractivity contribution >= 4 is 17.1 Å². The van der Waals surface area contributed by atoms with Crippen LogP contribution >= 0.6 is 0 Å². The molecule has 0 saturated carbocycles. The predicted octanol–water partition coefficient (Wildman–Crippen LogP) is -0.173. The van der Waals surface area contributed by atoms with Crippen molar-refractivity contribution in [1.82, 2.24) is 25.3 Å². The number of aromatic amines is 1. The Kier molecular flexibility index (Phi) is 2.85. The lowest BCUT2D eigenvalue weighted by atomic mass is 10.1. The molecule has 1 N–H and O–H groups in total. The topological polar surface area (TPSA) is 84.0 Å². The van der Waals surface area contributed by atoms with Crippen molar-refractivity contribution in [2.24, 2.45) is 0 Å². The van der Waals surface area contributed by atoms with Crippen LogP contribution in [0.5, 0.6) is 0 Å². The summed E-state index contributed by atoms with van der Waals surface area (Å²) < 4.78 is 5.28. The summed E-state index contributed by atoms with van der Waals surface area (Å²) in [5.41, 5.74) is 1.31. The van der Waals surface area contributed by atoms with Gasteiger partial charge in [0.2, 0.25) is 5.65 Å². The van der Waals surface area contributed by atoms with Gasteiger partial charge >= 0.3 is 0 Å². The molecule has 7 heteroatoms. The number of morpholine rings is 1. The monoisotopic (exact) mass is 257 g/mol. The highest BCUT2D eigenvalue weighted by molar-refractivity contribution is 6.04. The molecule has 96 valence electrons. The summed E-state index contributed by atoms with van der Waals surface area (Å²) in [6, 6.07) is 1.27. The molecule has 7 nitrogen and oxygen atoms in total. The fourth-order valence-corrected chi connectivity index (χ4v) is 2.07. The van der Waals surface area contributed by atoms with Gasteiger partial charge in [0.25, 0.3) is 5.91 Å². The number of aromatic nitrogens is 4. The van der Waals surface area contributed by atoms with Crippen LogP contribution in [0.2, 0.25) is 0 Å². The molecule has 1 amide bonds. The zero-order chi connectivity index (χ0) is 13.2. The van der Waals surface area contributed by atoms with E-state index in [-0.39, 0.29) is 11.9 Å². The van der Waals surface area contributed by atoms with Gasteiger partial charge < -0.3 is 9.64 Å². The molecular formula is C12H11N5O2. The molecule has 1 atom stereocenters. The number of H-pyrrole nitrogens is 1. The Morgan fingerprint density at radius 1 is 1.58 bits per heavy atom. The molecule has 0 bridgehead atoms. The molecule has 0 aromatic carbocycles. The first kappa shape index (κ1) is 11.6. The lowest BCUT2D eigenvalue weighted by Gasteiger charge is -2.32. The van der Waals surface area contributed by atoms with Gasteiger partial charge in [-0.2, -0.15) is 10.3 Å². The third-order valence-corrected chi connectivity index (χ3v) is 3.03. The normalized spacial score (nSPS) is 19.3. The highest BCUT2D eigenvalue weighted by atomic mass is 16.5. The third-order valence-electron chi connectivity index (χ3n) is 3.03. The molecular weight excluding hydrogens is 246 g/mol. The lowest BCUT2D eigenvalue weighted by Crippen LogP contribution is -2.48. The van der Waals surface area contributed by atoms with Gasteiger partial charge in [-0.25, -0.2) is 4.98 Å². The highest BCUT2D eigenvalue weighted by Crippen LogP contribution is 2.17. The van der Waals surface area contributed by atoms with Gasteiger partial charge in [-0.3, -0.25) is 4.79 Å². The van der Waals surface area contributed by atoms with Crippen LogP contribution in [0.25, 0.3) is 11.2 Å². The van der Waals surface area contributed by atoms with E-state index in [1.54, 1.807) is 11.0 Å². The lowest BCUT2D eigenvalue weighted by molar-refractivity contribution is 0.0139. The second kappa shape index (κ2) is 4.66. The fourth-order valence-electron chi connectivity index (χ4n) is 2.07. The molecule has 2 aromatic heterocycles. The quantitative estimate of drug-likeness (QED) is 0.717. The van der Waals surface area contributed by atoms with Crippen molar-refractivity contribution in [3.63, 3.8) is 0 Å². The average Bonchev–Trinajstić information content (AvgIpc) is 2.94. The minimum Gasteiger partial charge on any atom is -0.376 e. The van der Waals surface area contributed by atoms with Crippen LogP contribution < -0.4 is 0 Å². The molecule has 1 aliphatic heterocycles. The van der Waals surface area contributed by atoms with Crippen molar-refractivity contribution in [3.05, 3.63) is 17.8 Å². The summed E-state index contributed by atoms with van der Waals surface area (Å²) in [4.78, 5) is 18.2. The fraction of sp³-hybridized carbons (Fsp3) is 0.333. The standard InChI is InChI=1S/C12H11N5O2/c1-2-8-7-19-6-5-17(8)12(18)9-3-4-13-11-10(9)14-16-15-11/h1,3-4,8H,5-7H2,(H,13,14,15,16)/t8-/m1/s1. The summed E-state index contributed by atoms with van der Waals surface area (Å²) in [5, 5.41) is 10.3. The van der Waals surface area contributed by atoms with Crippen molar-refractivity contribution in [2.45, 2.75) is 6.04 Å². The molecule has 0 aliphatic carbocycles. The number of nitrogens with zero attached hydrogens (tertiary/aromatic N) is 4. The van der Waals surface area contributed by atoms with Crippen LogP contribution in [-0.2, 0) is 4.74 Å². The largest absolute Gasteiger partial charge is 0.376 e. The van der Waals surface area contributed by atoms with Crippen molar-refractivity contribution in [3.8, 4) is 12.3 Å². The minimum absolute atomic E-state index is 0.174. The molecule has 1 aliphatic rings. The van der Waals surface area contributed by atoms with E-state index in [4.69, 9.17) is 11.2 Å². The number of hydrogen-bond acceptors (Lipinski definition) is 5. The van der Waals surface area contributed by atoms with Crippen LogP contribution in [0.4, 0.5) is 0 Å². The molecule has 3 rings (SSSR count). The first-order valence-corrected chi connectivity index (χ1v) is 5.81. The van der Waals surface area contributed by atoms with E-state index in [9.17, 15) is 4.79 Å². The number of carbonyl (C=O) groups is 1. The SMILES string of the molecule is C#C[C@@H]1COCCN1C(=O)c1ccnc2n[nH]nc12. The number of terminal acetylenes is 1. The maximum Gasteiger partial charge on any atom is 0.257 e. The van der Waals surface area contributed by atoms with Gasteiger partial charge in [0.15, 0.2) is 0 Å². The number of pyridine rings is 1. The zero-order valence-electron chi connectivity index (χ0n) is 10.0. The van der Waals surface area contributed by atoms with E-state index in [2.05, 4.69) is 26.3 Å². The number of ether oxygens (including phenoxy) is 1. The highest BCUT2D eigenvalue weighted by Gasteiger charge is 2.28. The van der Waals surface area contributed by atoms with Crippen molar-refractivity contribution < 1.29 is 9.53 Å². The molecule has 1 fully saturated rings. The predicted molar refractivity (Wildman–Crippen MR) is 66.2 cm³/mol. The molecule has 2 aromatic rings. The number of nitrogens with one attached hydrogen (secondary N) is 1. The van der Waals surface area contributed by atoms with Crippen LogP contribution in [0.1, 0.15) is 10.4 Å². The molecule has 0 spiro atoms. The molecule has 1 saturated heterocycles. The van der Waals surface area contributed by atoms with E-state index in [0.29, 0.717) is 36.5 Å². The van der Waals surface area contributed by atoms with Crippen LogP contribution in [0.15, 0.2) is 12.3 Å². The average molecular weight is 257 g/mol. The van der Waals surface area contributed by atoms with Gasteiger partial charge in [0, 0.05) is 12.7 Å². The summed E-state index contributed by atoms with van der Waals surface area (Å²) in [6.45, 7) is 1.31. The van der Waals surface area contributed by atoms with Crippen molar-refractivity contribution in [1.29, 1.82) is 0 Å². The van der Waals surface area contributed by atoms with Crippen LogP contribution in [-0.4, -0.2) is 57.0 Å². The number of carbonyl (C=O) groups excluding carboxylic acids is 1. The second-order valence-corrected chi connectivity index (χ2v) is 4.11. The molecule has 19 heavy (non-hydrogen) atoms. The Morgan fingerprint density at radius 2 is 2.47 bits per heavy atom. The smallest absolute Gasteiger partial charge is 0.257 e. The molecule has 0 radical (unpaired) electrons. The van der Waals surface area contributed by atoms with E-state index >= 15 is 0 Å². The Hall–Kier alpha value is -2.46. The molecule has 0 unspecified atom stereocenters. The third kappa shape index (κ3) is 1.92. The van der Waals surface area contributed by atoms with Crippen LogP contribution in [0, 0.1) is 12.3 Å². The zero-order valence-corrected chi connectivity index (χ0v) is 10.0. The summed E-state index contributed by atoms with van der Waals surface area (Å²) >= 11 is 0. The van der Waals surface area contributed by atoms with Gasteiger partial charge in [0.05, 0.1) is 18.8 Å².